The summed E-state index contributed by atoms with van der Waals surface area (Å²) in [6, 6.07) is 7.03. The average molecular weight is 757 g/mol. The summed E-state index contributed by atoms with van der Waals surface area (Å²) in [6.45, 7) is 6.42. The summed E-state index contributed by atoms with van der Waals surface area (Å²) in [5.74, 6) is -9.87. The number of benzene rings is 2. The van der Waals surface area contributed by atoms with Gasteiger partial charge in [-0.25, -0.2) is 8.42 Å². The fourth-order valence-corrected chi connectivity index (χ4v) is 7.83. The standard InChI is InChI=1S/C37H48N2O13S/c1-19(2)24-11-26(21(5)28(36(24)48)13-38(15-31(40)41)16-32(42)43)35(23-9-7-8-10-30(23)53(50,51)52)27-12-25(20(3)4)37(49)29(22(27)6)14-39(17-33(44)45)18-34(46)47/h7-11,19-20,22,25,29,48H,12-18H2,1-6H3,(H,40,41)(H,42,43)(H,44,45)(H,46,47)(H,50,51,52)/p-4/b35-27-. The van der Waals surface area contributed by atoms with Gasteiger partial charge in [0, 0.05) is 50.1 Å². The molecule has 0 heterocycles. The van der Waals surface area contributed by atoms with E-state index >= 15 is 0 Å². The Kier molecular flexibility index (Phi) is 14.1. The summed E-state index contributed by atoms with van der Waals surface area (Å²) < 4.78 is 38.4. The molecule has 0 radical (unpaired) electrons. The van der Waals surface area contributed by atoms with Gasteiger partial charge in [0.25, 0.3) is 0 Å². The summed E-state index contributed by atoms with van der Waals surface area (Å²) in [5.41, 5.74) is 1.71. The molecule has 1 saturated carbocycles. The molecule has 0 saturated heterocycles. The molecule has 2 aromatic carbocycles. The average Bonchev–Trinajstić information content (AvgIpc) is 3.01. The van der Waals surface area contributed by atoms with Gasteiger partial charge >= 0.3 is 5.97 Å². The molecule has 16 heteroatoms. The van der Waals surface area contributed by atoms with Crippen molar-refractivity contribution in [2.24, 2.45) is 23.7 Å². The van der Waals surface area contributed by atoms with Crippen molar-refractivity contribution in [1.82, 2.24) is 9.80 Å². The number of aromatic hydroxyl groups is 1. The molecule has 0 spiro atoms. The number of rotatable bonds is 17. The lowest BCUT2D eigenvalue weighted by Gasteiger charge is -2.41. The van der Waals surface area contributed by atoms with Crippen LogP contribution in [-0.4, -0.2) is 95.4 Å². The van der Waals surface area contributed by atoms with Crippen molar-refractivity contribution >= 4 is 45.4 Å². The Morgan fingerprint density at radius 3 is 1.94 bits per heavy atom. The van der Waals surface area contributed by atoms with E-state index in [0.29, 0.717) is 22.3 Å². The Morgan fingerprint density at radius 1 is 0.906 bits per heavy atom. The number of carboxylic acid groups (broad SMARTS) is 4. The van der Waals surface area contributed by atoms with Crippen LogP contribution < -0.4 is 15.3 Å². The molecule has 0 aliphatic heterocycles. The first-order chi connectivity index (χ1) is 24.5. The summed E-state index contributed by atoms with van der Waals surface area (Å²) >= 11 is 0. The highest BCUT2D eigenvalue weighted by Crippen LogP contribution is 2.47. The van der Waals surface area contributed by atoms with Gasteiger partial charge in [0.2, 0.25) is 0 Å². The Morgan fingerprint density at radius 2 is 1.45 bits per heavy atom. The number of carbonyl (C=O) groups excluding carboxylic acids is 4. The van der Waals surface area contributed by atoms with E-state index in [2.05, 4.69) is 0 Å². The SMILES string of the molecule is Cc1c(/C(=C2/CC(C(C)C)C(=O)C(CN(CC(=O)[O-])CC(=O)[O-])C2C)c2ccccc2S(=O)(=O)[O-])cc(C(C)C)c(O)c1CN(CC(=O)[O-])CC(=O)O. The molecule has 2 aromatic rings. The van der Waals surface area contributed by atoms with Crippen LogP contribution in [0.15, 0.2) is 40.8 Å². The van der Waals surface area contributed by atoms with E-state index in [1.165, 1.54) is 18.2 Å². The zero-order valence-electron chi connectivity index (χ0n) is 30.4. The summed E-state index contributed by atoms with van der Waals surface area (Å²) in [7, 11) is -5.15. The summed E-state index contributed by atoms with van der Waals surface area (Å²) in [4.78, 5) is 62.0. The second-order valence-corrected chi connectivity index (χ2v) is 15.5. The van der Waals surface area contributed by atoms with Gasteiger partial charge < -0.3 is 44.5 Å². The van der Waals surface area contributed by atoms with Crippen LogP contribution in [0.5, 0.6) is 5.75 Å². The van der Waals surface area contributed by atoms with Gasteiger partial charge in [-0.1, -0.05) is 58.4 Å². The van der Waals surface area contributed by atoms with Gasteiger partial charge in [-0.15, -0.1) is 0 Å². The van der Waals surface area contributed by atoms with Crippen LogP contribution in [-0.2, 0) is 40.6 Å². The Hall–Kier alpha value is -4.64. The van der Waals surface area contributed by atoms with Crippen molar-refractivity contribution in [3.63, 3.8) is 0 Å². The molecule has 1 aliphatic carbocycles. The fourth-order valence-electron chi connectivity index (χ4n) is 7.15. The van der Waals surface area contributed by atoms with Gasteiger partial charge in [-0.2, -0.15) is 0 Å². The first kappa shape index (κ1) is 42.8. The molecule has 0 amide bonds. The van der Waals surface area contributed by atoms with Crippen molar-refractivity contribution in [3.8, 4) is 5.75 Å². The monoisotopic (exact) mass is 756 g/mol. The summed E-state index contributed by atoms with van der Waals surface area (Å²) in [5, 5.41) is 55.8. The Labute approximate surface area is 308 Å². The largest absolute Gasteiger partial charge is 0.744 e. The number of phenolic OH excluding ortho intramolecular Hbond substituents is 1. The molecule has 3 unspecified atom stereocenters. The second-order valence-electron chi connectivity index (χ2n) is 14.1. The minimum atomic E-state index is -5.15. The first-order valence-corrected chi connectivity index (χ1v) is 18.4. The van der Waals surface area contributed by atoms with Crippen molar-refractivity contribution in [3.05, 3.63) is 63.7 Å². The molecule has 15 nitrogen and oxygen atoms in total. The Balaban J connectivity index is 2.54. The van der Waals surface area contributed by atoms with Gasteiger partial charge in [0.1, 0.15) is 21.7 Å². The Bertz CT molecular complexity index is 1870. The lowest BCUT2D eigenvalue weighted by molar-refractivity contribution is -0.311. The van der Waals surface area contributed by atoms with Crippen LogP contribution in [0.3, 0.4) is 0 Å². The number of hydrogen-bond donors (Lipinski definition) is 2. The highest BCUT2D eigenvalue weighted by molar-refractivity contribution is 7.85. The quantitative estimate of drug-likeness (QED) is 0.192. The lowest BCUT2D eigenvalue weighted by Crippen LogP contribution is -2.50. The van der Waals surface area contributed by atoms with E-state index in [-0.39, 0.29) is 53.7 Å². The van der Waals surface area contributed by atoms with Gasteiger partial charge in [0.05, 0.1) is 29.3 Å². The number of carbonyl (C=O) groups is 5. The summed E-state index contributed by atoms with van der Waals surface area (Å²) in [6.07, 6.45) is 0.0557. The maximum atomic E-state index is 14.1. The number of ketones is 1. The van der Waals surface area contributed by atoms with Crippen LogP contribution >= 0.6 is 0 Å². The van der Waals surface area contributed by atoms with Gasteiger partial charge in [-0.3, -0.25) is 19.4 Å². The fraction of sp³-hybridized carbons (Fsp3) is 0.486. The predicted molar refractivity (Wildman–Crippen MR) is 182 cm³/mol. The molecule has 3 rings (SSSR count). The third-order valence-corrected chi connectivity index (χ3v) is 10.6. The molecule has 0 bridgehead atoms. The molecule has 290 valence electrons. The highest BCUT2D eigenvalue weighted by atomic mass is 32.2. The number of carboxylic acids is 4. The lowest BCUT2D eigenvalue weighted by atomic mass is 9.65. The second kappa shape index (κ2) is 17.5. The molecular weight excluding hydrogens is 712 g/mol. The van der Waals surface area contributed by atoms with Crippen LogP contribution in [0, 0.1) is 30.6 Å². The third-order valence-electron chi connectivity index (χ3n) is 9.74. The number of phenols is 1. The number of aliphatic carboxylic acids is 4. The minimum Gasteiger partial charge on any atom is -0.744 e. The number of nitrogens with zero attached hydrogens (tertiary/aromatic N) is 2. The maximum absolute atomic E-state index is 14.1. The highest BCUT2D eigenvalue weighted by Gasteiger charge is 2.42. The predicted octanol–water partition coefficient (Wildman–Crippen LogP) is -0.534. The molecule has 53 heavy (non-hydrogen) atoms. The van der Waals surface area contributed by atoms with E-state index in [4.69, 9.17) is 0 Å². The molecule has 1 aliphatic rings. The number of allylic oxidation sites excluding steroid dienone is 1. The van der Waals surface area contributed by atoms with Crippen LogP contribution in [0.25, 0.3) is 5.57 Å². The van der Waals surface area contributed by atoms with Crippen LogP contribution in [0.2, 0.25) is 0 Å². The van der Waals surface area contributed by atoms with Crippen molar-refractivity contribution < 1.29 is 62.5 Å². The molecular formula is C37H44N2O13S-4. The molecule has 1 fully saturated rings. The van der Waals surface area contributed by atoms with Crippen LogP contribution in [0.4, 0.5) is 0 Å². The van der Waals surface area contributed by atoms with E-state index in [9.17, 15) is 62.5 Å². The zero-order valence-corrected chi connectivity index (χ0v) is 31.2. The van der Waals surface area contributed by atoms with E-state index < -0.39 is 88.7 Å². The van der Waals surface area contributed by atoms with Gasteiger partial charge in [0.15, 0.2) is 0 Å². The number of Topliss-reactive ketones (excluding diaryl/α,β-unsaturated/α-hetero) is 1. The van der Waals surface area contributed by atoms with Crippen LogP contribution in [0.1, 0.15) is 74.8 Å². The normalized spacial score (nSPS) is 18.9. The van der Waals surface area contributed by atoms with E-state index in [1.807, 2.05) is 0 Å². The third kappa shape index (κ3) is 10.5. The first-order valence-electron chi connectivity index (χ1n) is 17.0. The van der Waals surface area contributed by atoms with Crippen molar-refractivity contribution in [2.45, 2.75) is 65.3 Å². The zero-order chi connectivity index (χ0) is 40.1. The van der Waals surface area contributed by atoms with Crippen molar-refractivity contribution in [2.75, 3.05) is 32.7 Å². The van der Waals surface area contributed by atoms with Crippen molar-refractivity contribution in [1.29, 1.82) is 0 Å². The van der Waals surface area contributed by atoms with E-state index in [1.54, 1.807) is 47.6 Å². The minimum absolute atomic E-state index is 0.0344. The van der Waals surface area contributed by atoms with E-state index in [0.717, 1.165) is 15.9 Å². The molecule has 2 N–H and O–H groups in total. The molecule has 3 atom stereocenters. The smallest absolute Gasteiger partial charge is 0.317 e. The molecule has 0 aromatic heterocycles. The topological polar surface area (TPSA) is 259 Å². The number of hydrogen-bond acceptors (Lipinski definition) is 14. The maximum Gasteiger partial charge on any atom is 0.317 e. The van der Waals surface area contributed by atoms with Gasteiger partial charge in [-0.05, 0) is 71.1 Å².